The predicted molar refractivity (Wildman–Crippen MR) is 120 cm³/mol. The molecule has 0 bridgehead atoms. The molecule has 30 heavy (non-hydrogen) atoms. The summed E-state index contributed by atoms with van der Waals surface area (Å²) in [6, 6.07) is 18.7. The van der Waals surface area contributed by atoms with Crippen LogP contribution < -0.4 is 16.4 Å². The van der Waals surface area contributed by atoms with E-state index in [2.05, 4.69) is 15.6 Å². The van der Waals surface area contributed by atoms with E-state index in [0.717, 1.165) is 16.8 Å². The summed E-state index contributed by atoms with van der Waals surface area (Å²) in [7, 11) is 0. The third kappa shape index (κ3) is 6.46. The zero-order valence-corrected chi connectivity index (χ0v) is 16.8. The number of halogens is 1. The maximum Gasteiger partial charge on any atom is 0.312 e. The Kier molecular flexibility index (Phi) is 7.19. The van der Waals surface area contributed by atoms with E-state index in [1.807, 2.05) is 48.6 Å². The minimum atomic E-state index is -0.704. The molecule has 0 radical (unpaired) electrons. The van der Waals surface area contributed by atoms with Gasteiger partial charge in [-0.3, -0.25) is 9.78 Å². The van der Waals surface area contributed by atoms with E-state index < -0.39 is 12.1 Å². The molecule has 1 atom stereocenters. The molecule has 0 aliphatic rings. The molecular formula is C23H21ClN4O2. The van der Waals surface area contributed by atoms with Crippen molar-refractivity contribution in [2.75, 3.05) is 5.32 Å². The van der Waals surface area contributed by atoms with Crippen LogP contribution in [-0.2, 0) is 4.79 Å². The number of benzene rings is 2. The summed E-state index contributed by atoms with van der Waals surface area (Å²) in [6.45, 7) is 0. The number of hydrogen-bond acceptors (Lipinski definition) is 3. The number of aromatic nitrogens is 1. The Morgan fingerprint density at radius 2 is 1.83 bits per heavy atom. The third-order valence-corrected chi connectivity index (χ3v) is 4.54. The van der Waals surface area contributed by atoms with Gasteiger partial charge in [0.25, 0.3) is 0 Å². The van der Waals surface area contributed by atoms with Gasteiger partial charge in [-0.05, 0) is 53.6 Å². The number of anilines is 1. The number of pyridine rings is 1. The molecule has 1 unspecified atom stereocenters. The molecule has 6 nitrogen and oxygen atoms in total. The number of nitrogens with zero attached hydrogens (tertiary/aromatic N) is 1. The van der Waals surface area contributed by atoms with Gasteiger partial charge >= 0.3 is 6.03 Å². The summed E-state index contributed by atoms with van der Waals surface area (Å²) in [5, 5.41) is 6.02. The molecule has 0 aliphatic carbocycles. The first-order valence-corrected chi connectivity index (χ1v) is 9.68. The van der Waals surface area contributed by atoms with Crippen molar-refractivity contribution in [1.29, 1.82) is 0 Å². The largest absolute Gasteiger partial charge is 0.352 e. The lowest BCUT2D eigenvalue weighted by atomic mass is 10.0. The molecule has 152 valence electrons. The maximum absolute atomic E-state index is 12.6. The van der Waals surface area contributed by atoms with Crippen LogP contribution in [0.3, 0.4) is 0 Å². The molecule has 4 N–H and O–H groups in total. The van der Waals surface area contributed by atoms with Crippen LogP contribution in [0.25, 0.3) is 12.2 Å². The number of nitrogens with two attached hydrogens (primary N) is 1. The zero-order chi connectivity index (χ0) is 21.3. The van der Waals surface area contributed by atoms with Crippen molar-refractivity contribution in [2.24, 2.45) is 5.73 Å². The highest BCUT2D eigenvalue weighted by Crippen LogP contribution is 2.21. The second-order valence-corrected chi connectivity index (χ2v) is 7.01. The number of amides is 3. The van der Waals surface area contributed by atoms with Crippen LogP contribution in [0.15, 0.2) is 72.9 Å². The lowest BCUT2D eigenvalue weighted by Gasteiger charge is -2.18. The van der Waals surface area contributed by atoms with Crippen molar-refractivity contribution >= 4 is 41.4 Å². The lowest BCUT2D eigenvalue weighted by Crippen LogP contribution is -2.35. The molecule has 0 spiro atoms. The fourth-order valence-electron chi connectivity index (χ4n) is 2.89. The van der Waals surface area contributed by atoms with E-state index >= 15 is 0 Å². The molecule has 1 heterocycles. The Labute approximate surface area is 179 Å². The average molecular weight is 421 g/mol. The van der Waals surface area contributed by atoms with Gasteiger partial charge in [-0.25, -0.2) is 4.79 Å². The highest BCUT2D eigenvalue weighted by atomic mass is 35.5. The number of carbonyl (C=O) groups is 2. The van der Waals surface area contributed by atoms with Crippen LogP contribution in [0.2, 0.25) is 5.02 Å². The first-order chi connectivity index (χ1) is 14.5. The number of rotatable bonds is 7. The quantitative estimate of drug-likeness (QED) is 0.519. The van der Waals surface area contributed by atoms with E-state index in [0.29, 0.717) is 10.7 Å². The molecule has 2 aromatic carbocycles. The summed E-state index contributed by atoms with van der Waals surface area (Å²) >= 11 is 5.91. The highest BCUT2D eigenvalue weighted by Gasteiger charge is 2.17. The van der Waals surface area contributed by atoms with Crippen molar-refractivity contribution in [3.63, 3.8) is 0 Å². The Hall–Kier alpha value is -3.64. The first-order valence-electron chi connectivity index (χ1n) is 9.30. The fourth-order valence-corrected chi connectivity index (χ4v) is 3.02. The maximum atomic E-state index is 12.6. The summed E-state index contributed by atoms with van der Waals surface area (Å²) in [5.74, 6) is -0.255. The lowest BCUT2D eigenvalue weighted by molar-refractivity contribution is -0.116. The second kappa shape index (κ2) is 10.2. The third-order valence-electron chi connectivity index (χ3n) is 4.28. The van der Waals surface area contributed by atoms with Crippen LogP contribution >= 0.6 is 11.6 Å². The summed E-state index contributed by atoms with van der Waals surface area (Å²) in [6.07, 6.45) is 5.57. The number of primary amides is 1. The number of urea groups is 1. The molecule has 7 heteroatoms. The van der Waals surface area contributed by atoms with Gasteiger partial charge in [-0.15, -0.1) is 0 Å². The van der Waals surface area contributed by atoms with E-state index in [9.17, 15) is 9.59 Å². The molecular weight excluding hydrogens is 400 g/mol. The molecule has 0 saturated carbocycles. The van der Waals surface area contributed by atoms with Crippen LogP contribution in [0.5, 0.6) is 0 Å². The Balaban J connectivity index is 1.67. The van der Waals surface area contributed by atoms with E-state index in [1.165, 1.54) is 0 Å². The summed E-state index contributed by atoms with van der Waals surface area (Å²) < 4.78 is 0. The Morgan fingerprint density at radius 1 is 1.03 bits per heavy atom. The van der Waals surface area contributed by atoms with Crippen molar-refractivity contribution in [3.8, 4) is 0 Å². The van der Waals surface area contributed by atoms with Gasteiger partial charge in [0.15, 0.2) is 0 Å². The van der Waals surface area contributed by atoms with Gasteiger partial charge in [0, 0.05) is 16.9 Å². The fraction of sp³-hybridized carbons (Fsp3) is 0.0870. The highest BCUT2D eigenvalue weighted by molar-refractivity contribution is 6.30. The van der Waals surface area contributed by atoms with E-state index in [1.54, 1.807) is 36.5 Å². The molecule has 0 saturated heterocycles. The van der Waals surface area contributed by atoms with Crippen LogP contribution in [0, 0.1) is 0 Å². The van der Waals surface area contributed by atoms with Crippen LogP contribution in [0.1, 0.15) is 29.3 Å². The van der Waals surface area contributed by atoms with Crippen molar-refractivity contribution < 1.29 is 9.59 Å². The molecule has 3 rings (SSSR count). The molecule has 0 aliphatic heterocycles. The molecule has 3 amide bonds. The minimum absolute atomic E-state index is 0.0264. The van der Waals surface area contributed by atoms with Gasteiger partial charge in [0.05, 0.1) is 18.2 Å². The van der Waals surface area contributed by atoms with Gasteiger partial charge < -0.3 is 16.4 Å². The summed E-state index contributed by atoms with van der Waals surface area (Å²) in [5.41, 5.74) is 8.42. The zero-order valence-electron chi connectivity index (χ0n) is 16.1. The molecule has 0 fully saturated rings. The Bertz CT molecular complexity index is 1040. The van der Waals surface area contributed by atoms with Gasteiger partial charge in [0.2, 0.25) is 5.91 Å². The van der Waals surface area contributed by atoms with Crippen LogP contribution in [-0.4, -0.2) is 16.9 Å². The van der Waals surface area contributed by atoms with E-state index in [4.69, 9.17) is 17.3 Å². The predicted octanol–water partition coefficient (Wildman–Crippen LogP) is 4.64. The minimum Gasteiger partial charge on any atom is -0.352 e. The Morgan fingerprint density at radius 3 is 2.53 bits per heavy atom. The van der Waals surface area contributed by atoms with Crippen LogP contribution in [0.4, 0.5) is 10.5 Å². The topological polar surface area (TPSA) is 97.1 Å². The number of hydrogen-bond donors (Lipinski definition) is 3. The van der Waals surface area contributed by atoms with E-state index in [-0.39, 0.29) is 12.3 Å². The second-order valence-electron chi connectivity index (χ2n) is 6.58. The van der Waals surface area contributed by atoms with Crippen molar-refractivity contribution in [3.05, 3.63) is 94.8 Å². The smallest absolute Gasteiger partial charge is 0.312 e. The number of nitrogens with one attached hydrogen (secondary N) is 2. The molecule has 3 aromatic rings. The van der Waals surface area contributed by atoms with Gasteiger partial charge in [-0.2, -0.15) is 0 Å². The van der Waals surface area contributed by atoms with Crippen molar-refractivity contribution in [2.45, 2.75) is 12.5 Å². The normalized spacial score (nSPS) is 11.8. The average Bonchev–Trinajstić information content (AvgIpc) is 2.73. The molecule has 1 aromatic heterocycles. The van der Waals surface area contributed by atoms with Gasteiger partial charge in [0.1, 0.15) is 0 Å². The monoisotopic (exact) mass is 420 g/mol. The number of carbonyl (C=O) groups excluding carboxylic acids is 2. The van der Waals surface area contributed by atoms with Crippen molar-refractivity contribution in [1.82, 2.24) is 10.3 Å². The van der Waals surface area contributed by atoms with Gasteiger partial charge in [-0.1, -0.05) is 48.0 Å². The first kappa shape index (κ1) is 21.1. The summed E-state index contributed by atoms with van der Waals surface area (Å²) in [4.78, 5) is 28.2. The SMILES string of the molecule is NC(=O)NC(CC(=O)Nc1cccc(/C=C/c2ccccn2)c1)c1ccc(Cl)cc1. The standard InChI is InChI=1S/C23H21ClN4O2/c24-18-10-8-17(9-11-18)21(28-23(25)30)15-22(29)27-20-6-3-4-16(14-20)7-12-19-5-1-2-13-26-19/h1-14,21H,15H2,(H,27,29)(H3,25,28,30)/b12-7+.